The highest BCUT2D eigenvalue weighted by atomic mass is 19.1. The zero-order valence-corrected chi connectivity index (χ0v) is 12.7. The summed E-state index contributed by atoms with van der Waals surface area (Å²) in [5.74, 6) is -0.111. The number of rotatable bonds is 6. The van der Waals surface area contributed by atoms with E-state index >= 15 is 0 Å². The minimum Gasteiger partial charge on any atom is -0.383 e. The standard InChI is InChI=1S/C16H21FN4/c1-4-14-15(17)16(20-10-19-14)18-9-12-6-5-7-13(8-12)21-11(2)3/h5-8,10-11,21H,4,9H2,1-3H3,(H,18,19,20). The zero-order valence-electron chi connectivity index (χ0n) is 12.7. The lowest BCUT2D eigenvalue weighted by Gasteiger charge is -2.12. The molecule has 0 saturated carbocycles. The third-order valence-corrected chi connectivity index (χ3v) is 3.04. The average molecular weight is 288 g/mol. The first-order valence-electron chi connectivity index (χ1n) is 7.19. The molecule has 112 valence electrons. The summed E-state index contributed by atoms with van der Waals surface area (Å²) in [6.07, 6.45) is 1.94. The molecule has 1 heterocycles. The Labute approximate surface area is 124 Å². The van der Waals surface area contributed by atoms with Gasteiger partial charge >= 0.3 is 0 Å². The Bertz CT molecular complexity index is 599. The first kappa shape index (κ1) is 15.2. The monoisotopic (exact) mass is 288 g/mol. The van der Waals surface area contributed by atoms with Crippen molar-refractivity contribution in [2.75, 3.05) is 10.6 Å². The number of anilines is 2. The number of benzene rings is 1. The van der Waals surface area contributed by atoms with Crippen LogP contribution < -0.4 is 10.6 Å². The molecule has 0 unspecified atom stereocenters. The summed E-state index contributed by atoms with van der Waals surface area (Å²) < 4.78 is 14.0. The fourth-order valence-corrected chi connectivity index (χ4v) is 2.07. The van der Waals surface area contributed by atoms with Crippen LogP contribution >= 0.6 is 0 Å². The predicted molar refractivity (Wildman–Crippen MR) is 83.9 cm³/mol. The molecule has 0 fully saturated rings. The molecule has 1 aromatic heterocycles. The number of hydrogen-bond acceptors (Lipinski definition) is 4. The molecule has 0 aliphatic carbocycles. The highest BCUT2D eigenvalue weighted by molar-refractivity contribution is 5.47. The van der Waals surface area contributed by atoms with Crippen LogP contribution in [-0.4, -0.2) is 16.0 Å². The van der Waals surface area contributed by atoms with E-state index in [1.54, 1.807) is 0 Å². The van der Waals surface area contributed by atoms with Gasteiger partial charge in [0.25, 0.3) is 0 Å². The minimum absolute atomic E-state index is 0.254. The summed E-state index contributed by atoms with van der Waals surface area (Å²) in [7, 11) is 0. The molecule has 0 spiro atoms. The minimum atomic E-state index is -0.364. The van der Waals surface area contributed by atoms with E-state index in [-0.39, 0.29) is 11.6 Å². The van der Waals surface area contributed by atoms with Gasteiger partial charge in [0.05, 0.1) is 5.69 Å². The Morgan fingerprint density at radius 1 is 1.24 bits per heavy atom. The van der Waals surface area contributed by atoms with Gasteiger partial charge < -0.3 is 10.6 Å². The molecule has 2 N–H and O–H groups in total. The largest absolute Gasteiger partial charge is 0.383 e. The molecule has 0 aliphatic heterocycles. The zero-order chi connectivity index (χ0) is 15.2. The quantitative estimate of drug-likeness (QED) is 0.852. The van der Waals surface area contributed by atoms with E-state index in [9.17, 15) is 4.39 Å². The van der Waals surface area contributed by atoms with Crippen LogP contribution in [0.3, 0.4) is 0 Å². The van der Waals surface area contributed by atoms with E-state index in [2.05, 4.69) is 34.4 Å². The van der Waals surface area contributed by atoms with E-state index in [1.165, 1.54) is 6.33 Å². The van der Waals surface area contributed by atoms with E-state index < -0.39 is 0 Å². The lowest BCUT2D eigenvalue weighted by molar-refractivity contribution is 0.596. The Hall–Kier alpha value is -2.17. The van der Waals surface area contributed by atoms with Gasteiger partial charge in [-0.05, 0) is 38.0 Å². The lowest BCUT2D eigenvalue weighted by atomic mass is 10.2. The number of nitrogens with zero attached hydrogens (tertiary/aromatic N) is 2. The van der Waals surface area contributed by atoms with Crippen LogP contribution in [0, 0.1) is 5.82 Å². The van der Waals surface area contributed by atoms with Crippen LogP contribution in [0.15, 0.2) is 30.6 Å². The second kappa shape index (κ2) is 7.02. The van der Waals surface area contributed by atoms with Crippen molar-refractivity contribution in [2.24, 2.45) is 0 Å². The van der Waals surface area contributed by atoms with Gasteiger partial charge in [0.1, 0.15) is 6.33 Å². The number of hydrogen-bond donors (Lipinski definition) is 2. The Morgan fingerprint density at radius 2 is 2.05 bits per heavy atom. The maximum Gasteiger partial charge on any atom is 0.186 e. The number of nitrogens with one attached hydrogen (secondary N) is 2. The van der Waals surface area contributed by atoms with E-state index in [4.69, 9.17) is 0 Å². The highest BCUT2D eigenvalue weighted by Crippen LogP contribution is 2.16. The van der Waals surface area contributed by atoms with E-state index in [0.717, 1.165) is 11.3 Å². The second-order valence-corrected chi connectivity index (χ2v) is 5.19. The molecule has 0 atom stereocenters. The van der Waals surface area contributed by atoms with Crippen molar-refractivity contribution in [1.82, 2.24) is 9.97 Å². The predicted octanol–water partition coefficient (Wildman–Crippen LogP) is 3.61. The second-order valence-electron chi connectivity index (χ2n) is 5.19. The third kappa shape index (κ3) is 4.15. The Kier molecular flexibility index (Phi) is 5.09. The molecule has 2 aromatic rings. The van der Waals surface area contributed by atoms with Gasteiger partial charge in [0.2, 0.25) is 0 Å². The Morgan fingerprint density at radius 3 is 2.76 bits per heavy atom. The number of aromatic nitrogens is 2. The normalized spacial score (nSPS) is 10.7. The molecule has 0 bridgehead atoms. The summed E-state index contributed by atoms with van der Waals surface area (Å²) in [5.41, 5.74) is 2.56. The molecule has 21 heavy (non-hydrogen) atoms. The van der Waals surface area contributed by atoms with Gasteiger partial charge in [-0.1, -0.05) is 19.1 Å². The average Bonchev–Trinajstić information content (AvgIpc) is 2.46. The number of halogens is 1. The first-order chi connectivity index (χ1) is 10.1. The SMILES string of the molecule is CCc1ncnc(NCc2cccc(NC(C)C)c2)c1F. The number of aryl methyl sites for hydroxylation is 1. The van der Waals surface area contributed by atoms with Gasteiger partial charge in [-0.25, -0.2) is 14.4 Å². The molecule has 0 aliphatic rings. The molecule has 0 saturated heterocycles. The summed E-state index contributed by atoms with van der Waals surface area (Å²) in [6, 6.07) is 8.42. The van der Waals surface area contributed by atoms with E-state index in [1.807, 2.05) is 31.2 Å². The maximum atomic E-state index is 14.0. The van der Waals surface area contributed by atoms with Crippen molar-refractivity contribution in [3.05, 3.63) is 47.7 Å². The van der Waals surface area contributed by atoms with Crippen molar-refractivity contribution < 1.29 is 4.39 Å². The van der Waals surface area contributed by atoms with Crippen molar-refractivity contribution >= 4 is 11.5 Å². The van der Waals surface area contributed by atoms with E-state index in [0.29, 0.717) is 24.7 Å². The van der Waals surface area contributed by atoms with Crippen LogP contribution in [0.25, 0.3) is 0 Å². The maximum absolute atomic E-state index is 14.0. The van der Waals surface area contributed by atoms with Crippen LogP contribution in [0.5, 0.6) is 0 Å². The highest BCUT2D eigenvalue weighted by Gasteiger charge is 2.09. The molecule has 0 radical (unpaired) electrons. The van der Waals surface area contributed by atoms with Crippen molar-refractivity contribution in [3.8, 4) is 0 Å². The molecule has 5 heteroatoms. The van der Waals surface area contributed by atoms with Crippen molar-refractivity contribution in [1.29, 1.82) is 0 Å². The van der Waals surface area contributed by atoms with Crippen LogP contribution in [-0.2, 0) is 13.0 Å². The van der Waals surface area contributed by atoms with Crippen molar-refractivity contribution in [2.45, 2.75) is 39.8 Å². The molecular formula is C16H21FN4. The van der Waals surface area contributed by atoms with Gasteiger partial charge in [0.15, 0.2) is 11.6 Å². The smallest absolute Gasteiger partial charge is 0.186 e. The fourth-order valence-electron chi connectivity index (χ4n) is 2.07. The van der Waals surface area contributed by atoms with Crippen LogP contribution in [0.4, 0.5) is 15.9 Å². The molecule has 0 amide bonds. The first-order valence-corrected chi connectivity index (χ1v) is 7.19. The lowest BCUT2D eigenvalue weighted by Crippen LogP contribution is -2.10. The summed E-state index contributed by atoms with van der Waals surface area (Å²) >= 11 is 0. The van der Waals surface area contributed by atoms with Crippen LogP contribution in [0.1, 0.15) is 32.0 Å². The Balaban J connectivity index is 2.06. The van der Waals surface area contributed by atoms with Gasteiger partial charge in [0, 0.05) is 18.3 Å². The van der Waals surface area contributed by atoms with Gasteiger partial charge in [-0.2, -0.15) is 0 Å². The molecule has 2 rings (SSSR count). The molecular weight excluding hydrogens is 267 g/mol. The van der Waals surface area contributed by atoms with Gasteiger partial charge in [-0.15, -0.1) is 0 Å². The van der Waals surface area contributed by atoms with Crippen LogP contribution in [0.2, 0.25) is 0 Å². The topological polar surface area (TPSA) is 49.8 Å². The van der Waals surface area contributed by atoms with Gasteiger partial charge in [-0.3, -0.25) is 0 Å². The van der Waals surface area contributed by atoms with Crippen molar-refractivity contribution in [3.63, 3.8) is 0 Å². The fraction of sp³-hybridized carbons (Fsp3) is 0.375. The summed E-state index contributed by atoms with van der Waals surface area (Å²) in [4.78, 5) is 7.88. The summed E-state index contributed by atoms with van der Waals surface area (Å²) in [6.45, 7) is 6.57. The molecule has 1 aromatic carbocycles. The summed E-state index contributed by atoms with van der Waals surface area (Å²) in [5, 5.41) is 6.38. The molecule has 4 nitrogen and oxygen atoms in total. The third-order valence-electron chi connectivity index (χ3n) is 3.04.